The lowest BCUT2D eigenvalue weighted by Crippen LogP contribution is -2.34. The molecule has 0 aromatic heterocycles. The number of nitrogens with zero attached hydrogens (tertiary/aromatic N) is 1. The van der Waals surface area contributed by atoms with Gasteiger partial charge in [0.05, 0.1) is 19.1 Å². The van der Waals surface area contributed by atoms with E-state index in [4.69, 9.17) is 15.6 Å². The van der Waals surface area contributed by atoms with Gasteiger partial charge in [0.25, 0.3) is 0 Å². The molecule has 1 aliphatic carbocycles. The lowest BCUT2D eigenvalue weighted by molar-refractivity contribution is -0.137. The zero-order valence-electron chi connectivity index (χ0n) is 12.8. The molecule has 2 amide bonds. The summed E-state index contributed by atoms with van der Waals surface area (Å²) in [5.74, 6) is -1.15. The molecule has 1 aromatic carbocycles. The van der Waals surface area contributed by atoms with Gasteiger partial charge in [0.15, 0.2) is 0 Å². The van der Waals surface area contributed by atoms with Gasteiger partial charge in [-0.05, 0) is 24.8 Å². The molecule has 0 aliphatic heterocycles. The second-order valence-electron chi connectivity index (χ2n) is 5.57. The number of rotatable bonds is 6. The minimum atomic E-state index is -0.898. The fourth-order valence-electron chi connectivity index (χ4n) is 2.71. The Balaban J connectivity index is 1.94. The lowest BCUT2D eigenvalue weighted by Gasteiger charge is -2.29. The van der Waals surface area contributed by atoms with E-state index in [-0.39, 0.29) is 18.4 Å². The summed E-state index contributed by atoms with van der Waals surface area (Å²) in [5, 5.41) is 13.0. The van der Waals surface area contributed by atoms with Crippen molar-refractivity contribution in [1.82, 2.24) is 5.43 Å². The van der Waals surface area contributed by atoms with Crippen LogP contribution in [-0.2, 0) is 16.1 Å². The Hall–Kier alpha value is -2.41. The van der Waals surface area contributed by atoms with Crippen molar-refractivity contribution in [3.05, 3.63) is 35.9 Å². The number of hydrogen-bond donors (Lipinski definition) is 3. The van der Waals surface area contributed by atoms with Crippen LogP contribution in [0.25, 0.3) is 0 Å². The number of hydrogen-bond acceptors (Lipinski definition) is 4. The highest BCUT2D eigenvalue weighted by Crippen LogP contribution is 2.27. The summed E-state index contributed by atoms with van der Waals surface area (Å²) in [7, 11) is 0. The van der Waals surface area contributed by atoms with E-state index in [0.29, 0.717) is 25.2 Å². The minimum Gasteiger partial charge on any atom is -0.481 e. The molecule has 124 valence electrons. The molecular weight excluding hydrogens is 298 g/mol. The highest BCUT2D eigenvalue weighted by molar-refractivity contribution is 5.91. The van der Waals surface area contributed by atoms with E-state index >= 15 is 0 Å². The van der Waals surface area contributed by atoms with Crippen molar-refractivity contribution in [3.8, 4) is 0 Å². The number of carboxylic acids is 1. The van der Waals surface area contributed by atoms with Crippen molar-refractivity contribution in [3.63, 3.8) is 0 Å². The third kappa shape index (κ3) is 5.71. The lowest BCUT2D eigenvalue weighted by atomic mass is 9.83. The van der Waals surface area contributed by atoms with Gasteiger partial charge in [-0.3, -0.25) is 4.79 Å². The van der Waals surface area contributed by atoms with Crippen LogP contribution >= 0.6 is 0 Å². The van der Waals surface area contributed by atoms with Gasteiger partial charge in [0, 0.05) is 11.6 Å². The van der Waals surface area contributed by atoms with E-state index in [1.807, 2.05) is 30.3 Å². The third-order valence-electron chi connectivity index (χ3n) is 3.80. The van der Waals surface area contributed by atoms with Crippen molar-refractivity contribution in [2.75, 3.05) is 0 Å². The second kappa shape index (κ2) is 8.28. The summed E-state index contributed by atoms with van der Waals surface area (Å²) < 4.78 is 5.89. The normalized spacial score (nSPS) is 22.7. The van der Waals surface area contributed by atoms with Crippen LogP contribution in [0, 0.1) is 5.92 Å². The van der Waals surface area contributed by atoms with Crippen LogP contribution in [0.4, 0.5) is 4.79 Å². The topological polar surface area (TPSA) is 114 Å². The molecule has 0 bridgehead atoms. The molecule has 23 heavy (non-hydrogen) atoms. The van der Waals surface area contributed by atoms with Gasteiger partial charge in [-0.2, -0.15) is 5.10 Å². The predicted molar refractivity (Wildman–Crippen MR) is 84.8 cm³/mol. The molecule has 0 heterocycles. The summed E-state index contributed by atoms with van der Waals surface area (Å²) in [5.41, 5.74) is 8.92. The molecule has 7 heteroatoms. The zero-order chi connectivity index (χ0) is 16.7. The van der Waals surface area contributed by atoms with E-state index in [1.165, 1.54) is 0 Å². The summed E-state index contributed by atoms with van der Waals surface area (Å²) in [6.07, 6.45) is 1.83. The third-order valence-corrected chi connectivity index (χ3v) is 3.80. The molecule has 7 nitrogen and oxygen atoms in total. The smallest absolute Gasteiger partial charge is 0.332 e. The van der Waals surface area contributed by atoms with Crippen LogP contribution in [0.15, 0.2) is 35.4 Å². The maximum atomic E-state index is 11.0. The van der Waals surface area contributed by atoms with Crippen LogP contribution in [0.1, 0.15) is 31.2 Å². The van der Waals surface area contributed by atoms with Crippen LogP contribution in [-0.4, -0.2) is 28.9 Å². The summed E-state index contributed by atoms with van der Waals surface area (Å²) >= 11 is 0. The van der Waals surface area contributed by atoms with Crippen molar-refractivity contribution in [1.29, 1.82) is 0 Å². The van der Waals surface area contributed by atoms with Crippen LogP contribution < -0.4 is 11.2 Å². The number of nitrogens with two attached hydrogens (primary N) is 1. The molecule has 0 radical (unpaired) electrons. The molecule has 0 unspecified atom stereocenters. The van der Waals surface area contributed by atoms with E-state index < -0.39 is 12.0 Å². The second-order valence-corrected chi connectivity index (χ2v) is 5.57. The average molecular weight is 319 g/mol. The number of hydrazone groups is 1. The first-order valence-corrected chi connectivity index (χ1v) is 7.54. The van der Waals surface area contributed by atoms with E-state index in [0.717, 1.165) is 12.0 Å². The maximum Gasteiger partial charge on any atom is 0.332 e. The number of benzene rings is 1. The molecule has 1 saturated carbocycles. The fourth-order valence-corrected chi connectivity index (χ4v) is 2.71. The number of amides is 2. The van der Waals surface area contributed by atoms with Gasteiger partial charge in [-0.25, -0.2) is 10.2 Å². The highest BCUT2D eigenvalue weighted by atomic mass is 16.5. The maximum absolute atomic E-state index is 11.0. The van der Waals surface area contributed by atoms with Crippen molar-refractivity contribution < 1.29 is 19.4 Å². The molecule has 1 aliphatic rings. The number of aliphatic carboxylic acids is 1. The largest absolute Gasteiger partial charge is 0.481 e. The van der Waals surface area contributed by atoms with Crippen molar-refractivity contribution >= 4 is 17.7 Å². The summed E-state index contributed by atoms with van der Waals surface area (Å²) in [6, 6.07) is 9.07. The zero-order valence-corrected chi connectivity index (χ0v) is 12.8. The molecular formula is C16H21N3O4. The van der Waals surface area contributed by atoms with E-state index in [1.54, 1.807) is 0 Å². The Morgan fingerprint density at radius 1 is 1.35 bits per heavy atom. The monoisotopic (exact) mass is 319 g/mol. The van der Waals surface area contributed by atoms with Gasteiger partial charge in [0.2, 0.25) is 0 Å². The molecule has 2 atom stereocenters. The Labute approximate surface area is 134 Å². The van der Waals surface area contributed by atoms with Crippen LogP contribution in [0.2, 0.25) is 0 Å². The fraction of sp³-hybridized carbons (Fsp3) is 0.438. The number of urea groups is 1. The number of carbonyl (C=O) groups excluding carboxylic acids is 1. The van der Waals surface area contributed by atoms with E-state index in [9.17, 15) is 9.59 Å². The standard InChI is InChI=1S/C16H21N3O4/c17-16(22)19-18-14-7-6-13(8-12(14)9-15(20)21)23-10-11-4-2-1-3-5-11/h1-5,12-13H,6-10H2,(H,20,21)(H3,17,19,22)/b18-14-/t12-,13+/m0/s1. The highest BCUT2D eigenvalue weighted by Gasteiger charge is 2.29. The van der Waals surface area contributed by atoms with Gasteiger partial charge in [0.1, 0.15) is 0 Å². The molecule has 0 spiro atoms. The van der Waals surface area contributed by atoms with Gasteiger partial charge in [-0.15, -0.1) is 0 Å². The van der Waals surface area contributed by atoms with Crippen molar-refractivity contribution in [2.24, 2.45) is 16.8 Å². The first-order chi connectivity index (χ1) is 11.0. The first-order valence-electron chi connectivity index (χ1n) is 7.54. The van der Waals surface area contributed by atoms with Crippen LogP contribution in [0.5, 0.6) is 0 Å². The number of carboxylic acid groups (broad SMARTS) is 1. The Morgan fingerprint density at radius 2 is 2.09 bits per heavy atom. The molecule has 4 N–H and O–H groups in total. The number of primary amides is 1. The van der Waals surface area contributed by atoms with Gasteiger partial charge >= 0.3 is 12.0 Å². The number of nitrogens with one attached hydrogen (secondary N) is 1. The molecule has 0 saturated heterocycles. The van der Waals surface area contributed by atoms with Crippen LogP contribution in [0.3, 0.4) is 0 Å². The quantitative estimate of drug-likeness (QED) is 0.694. The Morgan fingerprint density at radius 3 is 2.74 bits per heavy atom. The van der Waals surface area contributed by atoms with Gasteiger partial charge in [-0.1, -0.05) is 30.3 Å². The molecule has 1 fully saturated rings. The number of ether oxygens (including phenoxy) is 1. The summed E-state index contributed by atoms with van der Waals surface area (Å²) in [6.45, 7) is 0.497. The molecule has 2 rings (SSSR count). The number of carbonyl (C=O) groups is 2. The Bertz CT molecular complexity index is 574. The minimum absolute atomic E-state index is 0.0212. The van der Waals surface area contributed by atoms with Crippen molar-refractivity contribution in [2.45, 2.75) is 38.4 Å². The Kier molecular flexibility index (Phi) is 6.10. The average Bonchev–Trinajstić information content (AvgIpc) is 2.52. The summed E-state index contributed by atoms with van der Waals surface area (Å²) in [4.78, 5) is 21.8. The van der Waals surface area contributed by atoms with E-state index in [2.05, 4.69) is 10.5 Å². The first kappa shape index (κ1) is 17.0. The molecule has 1 aromatic rings. The SMILES string of the molecule is NC(=O)N/N=C1/CC[C@@H](OCc2ccccc2)C[C@H]1CC(=O)O. The van der Waals surface area contributed by atoms with Gasteiger partial charge < -0.3 is 15.6 Å². The predicted octanol–water partition coefficient (Wildman–Crippen LogP) is 1.87.